The number of para-hydroxylation sites is 1. The van der Waals surface area contributed by atoms with Crippen LogP contribution in [0, 0.1) is 26.2 Å². The zero-order valence-corrected chi connectivity index (χ0v) is 12.9. The van der Waals surface area contributed by atoms with Crippen molar-refractivity contribution < 1.29 is 8.42 Å². The summed E-state index contributed by atoms with van der Waals surface area (Å²) in [6.07, 6.45) is 0. The van der Waals surface area contributed by atoms with Crippen molar-refractivity contribution >= 4 is 21.4 Å². The standard InChI is InChI=1S/C15H16N3O2S/c1-10-8-11(2)15(12(3)9-10)21(19,20)18-14-7-5-4-6-13(14)17-16/h4-9,18H,1-3H3/q+1. The molecular weight excluding hydrogens is 286 g/mol. The molecule has 21 heavy (non-hydrogen) atoms. The van der Waals surface area contributed by atoms with Gasteiger partial charge in [-0.3, -0.25) is 4.72 Å². The minimum atomic E-state index is -3.75. The van der Waals surface area contributed by atoms with Crippen molar-refractivity contribution in [2.24, 2.45) is 0 Å². The number of nitrogens with one attached hydrogen (secondary N) is 1. The minimum absolute atomic E-state index is 0.170. The number of hydrogen-bond donors (Lipinski definition) is 1. The highest BCUT2D eigenvalue weighted by Crippen LogP contribution is 2.29. The molecular formula is C15H16N3O2S+. The van der Waals surface area contributed by atoms with E-state index < -0.39 is 10.0 Å². The number of sulfonamides is 1. The lowest BCUT2D eigenvalue weighted by molar-refractivity contribution is 0.600. The largest absolute Gasteiger partial charge is 0.408 e. The molecule has 0 amide bonds. The van der Waals surface area contributed by atoms with Crippen LogP contribution in [-0.4, -0.2) is 8.42 Å². The van der Waals surface area contributed by atoms with Gasteiger partial charge in [0, 0.05) is 6.07 Å². The molecule has 0 aromatic heterocycles. The number of hydrogen-bond acceptors (Lipinski definition) is 3. The van der Waals surface area contributed by atoms with Crippen LogP contribution in [0.15, 0.2) is 41.3 Å². The number of anilines is 1. The third kappa shape index (κ3) is 3.03. The van der Waals surface area contributed by atoms with Crippen molar-refractivity contribution in [1.82, 2.24) is 0 Å². The minimum Gasteiger partial charge on any atom is -0.272 e. The van der Waals surface area contributed by atoms with Gasteiger partial charge in [-0.25, -0.2) is 8.42 Å². The summed E-state index contributed by atoms with van der Waals surface area (Å²) in [5, 5.41) is 8.92. The number of rotatable bonds is 3. The number of benzene rings is 2. The summed E-state index contributed by atoms with van der Waals surface area (Å²) in [6.45, 7) is 5.44. The fourth-order valence-corrected chi connectivity index (χ4v) is 3.96. The lowest BCUT2D eigenvalue weighted by Crippen LogP contribution is -2.16. The normalized spacial score (nSPS) is 11.0. The first-order valence-electron chi connectivity index (χ1n) is 6.40. The lowest BCUT2D eigenvalue weighted by atomic mass is 10.1. The summed E-state index contributed by atoms with van der Waals surface area (Å²) in [6, 6.07) is 10.0. The van der Waals surface area contributed by atoms with Crippen molar-refractivity contribution in [1.29, 1.82) is 5.39 Å². The topological polar surface area (TPSA) is 74.3 Å². The Morgan fingerprint density at radius 1 is 1.05 bits per heavy atom. The van der Waals surface area contributed by atoms with Crippen LogP contribution in [0.1, 0.15) is 16.7 Å². The van der Waals surface area contributed by atoms with Gasteiger partial charge in [0.05, 0.1) is 4.90 Å². The molecule has 0 aliphatic carbocycles. The van der Waals surface area contributed by atoms with Crippen LogP contribution in [0.3, 0.4) is 0 Å². The average Bonchev–Trinajstić information content (AvgIpc) is 2.37. The van der Waals surface area contributed by atoms with Crippen LogP contribution in [-0.2, 0) is 10.0 Å². The Morgan fingerprint density at radius 3 is 2.19 bits per heavy atom. The first kappa shape index (κ1) is 15.0. The smallest absolute Gasteiger partial charge is 0.272 e. The van der Waals surface area contributed by atoms with E-state index in [-0.39, 0.29) is 16.3 Å². The highest BCUT2D eigenvalue weighted by Gasteiger charge is 2.23. The SMILES string of the molecule is Cc1cc(C)c(S(=O)(=O)Nc2ccccc2[N+]#N)c(C)c1. The van der Waals surface area contributed by atoms with E-state index in [4.69, 9.17) is 5.39 Å². The van der Waals surface area contributed by atoms with E-state index in [9.17, 15) is 8.42 Å². The number of aryl methyl sites for hydroxylation is 3. The molecule has 0 bridgehead atoms. The maximum absolute atomic E-state index is 12.6. The third-order valence-corrected chi connectivity index (χ3v) is 4.80. The van der Waals surface area contributed by atoms with Crippen molar-refractivity contribution in [3.05, 3.63) is 58.1 Å². The van der Waals surface area contributed by atoms with Crippen LogP contribution in [0.4, 0.5) is 11.4 Å². The molecule has 1 N–H and O–H groups in total. The van der Waals surface area contributed by atoms with Gasteiger partial charge in [0.25, 0.3) is 10.0 Å². The van der Waals surface area contributed by atoms with E-state index in [0.717, 1.165) is 5.56 Å². The zero-order valence-electron chi connectivity index (χ0n) is 12.1. The first-order chi connectivity index (χ1) is 9.85. The van der Waals surface area contributed by atoms with E-state index in [1.165, 1.54) is 6.07 Å². The molecule has 0 fully saturated rings. The van der Waals surface area contributed by atoms with Crippen LogP contribution in [0.2, 0.25) is 0 Å². The Bertz CT molecular complexity index is 813. The van der Waals surface area contributed by atoms with Crippen molar-refractivity contribution in [2.75, 3.05) is 4.72 Å². The molecule has 0 saturated carbocycles. The monoisotopic (exact) mass is 302 g/mol. The van der Waals surface area contributed by atoms with Crippen molar-refractivity contribution in [3.8, 4) is 0 Å². The average molecular weight is 302 g/mol. The molecule has 108 valence electrons. The Hall–Kier alpha value is -2.39. The molecule has 0 atom stereocenters. The van der Waals surface area contributed by atoms with Crippen LogP contribution in [0.5, 0.6) is 0 Å². The summed E-state index contributed by atoms with van der Waals surface area (Å²) < 4.78 is 27.7. The molecule has 2 aromatic carbocycles. The molecule has 0 unspecified atom stereocenters. The quantitative estimate of drug-likeness (QED) is 0.874. The zero-order chi connectivity index (χ0) is 15.6. The molecule has 0 radical (unpaired) electrons. The molecule has 2 aromatic rings. The van der Waals surface area contributed by atoms with Gasteiger partial charge in [0.15, 0.2) is 4.98 Å². The highest BCUT2D eigenvalue weighted by molar-refractivity contribution is 7.92. The van der Waals surface area contributed by atoms with Gasteiger partial charge < -0.3 is 0 Å². The van der Waals surface area contributed by atoms with E-state index >= 15 is 0 Å². The fourth-order valence-electron chi connectivity index (χ4n) is 2.43. The summed E-state index contributed by atoms with van der Waals surface area (Å²) >= 11 is 0. The molecule has 0 heterocycles. The van der Waals surface area contributed by atoms with Gasteiger partial charge >= 0.3 is 5.69 Å². The molecule has 0 spiro atoms. The second-order valence-corrected chi connectivity index (χ2v) is 6.57. The van der Waals surface area contributed by atoms with E-state index in [1.54, 1.807) is 32.0 Å². The van der Waals surface area contributed by atoms with Gasteiger partial charge in [0.2, 0.25) is 5.39 Å². The Morgan fingerprint density at radius 2 is 1.62 bits per heavy atom. The van der Waals surface area contributed by atoms with Gasteiger partial charge in [-0.05, 0) is 38.0 Å². The predicted octanol–water partition coefficient (Wildman–Crippen LogP) is 3.90. The summed E-state index contributed by atoms with van der Waals surface area (Å²) in [5.74, 6) is 0. The second-order valence-electron chi connectivity index (χ2n) is 4.95. The lowest BCUT2D eigenvalue weighted by Gasteiger charge is -2.13. The predicted molar refractivity (Wildman–Crippen MR) is 82.6 cm³/mol. The number of nitrogens with zero attached hydrogens (tertiary/aromatic N) is 2. The second kappa shape index (κ2) is 5.54. The Balaban J connectivity index is 2.52. The van der Waals surface area contributed by atoms with Gasteiger partial charge in [-0.1, -0.05) is 29.8 Å². The molecule has 2 rings (SSSR count). The summed E-state index contributed by atoms with van der Waals surface area (Å²) in [5.41, 5.74) is 2.77. The van der Waals surface area contributed by atoms with Crippen molar-refractivity contribution in [2.45, 2.75) is 25.7 Å². The summed E-state index contributed by atoms with van der Waals surface area (Å²) in [7, 11) is -3.75. The van der Waals surface area contributed by atoms with Gasteiger partial charge in [0.1, 0.15) is 5.69 Å². The summed E-state index contributed by atoms with van der Waals surface area (Å²) in [4.78, 5) is 3.33. The Kier molecular flexibility index (Phi) is 3.96. The van der Waals surface area contributed by atoms with E-state index in [1.807, 2.05) is 19.1 Å². The van der Waals surface area contributed by atoms with Gasteiger partial charge in [-0.2, -0.15) is 0 Å². The van der Waals surface area contributed by atoms with Crippen LogP contribution >= 0.6 is 0 Å². The number of diazo groups is 1. The highest BCUT2D eigenvalue weighted by atomic mass is 32.2. The van der Waals surface area contributed by atoms with Crippen molar-refractivity contribution in [3.63, 3.8) is 0 Å². The fraction of sp³-hybridized carbons (Fsp3) is 0.200. The molecule has 6 heteroatoms. The van der Waals surface area contributed by atoms with E-state index in [0.29, 0.717) is 11.1 Å². The van der Waals surface area contributed by atoms with Crippen LogP contribution in [0.25, 0.3) is 4.98 Å². The molecule has 0 saturated heterocycles. The maximum Gasteiger partial charge on any atom is 0.408 e. The van der Waals surface area contributed by atoms with Gasteiger partial charge in [-0.15, -0.1) is 0 Å². The third-order valence-electron chi connectivity index (χ3n) is 3.13. The van der Waals surface area contributed by atoms with Crippen LogP contribution < -0.4 is 4.72 Å². The first-order valence-corrected chi connectivity index (χ1v) is 7.88. The molecule has 5 nitrogen and oxygen atoms in total. The Labute approximate surface area is 124 Å². The van der Waals surface area contributed by atoms with E-state index in [2.05, 4.69) is 9.70 Å². The molecule has 0 aliphatic rings. The maximum atomic E-state index is 12.6. The molecule has 0 aliphatic heterocycles.